The highest BCUT2D eigenvalue weighted by atomic mass is 127. The van der Waals surface area contributed by atoms with Gasteiger partial charge in [-0.1, -0.05) is 15.9 Å². The van der Waals surface area contributed by atoms with Crippen molar-refractivity contribution in [3.8, 4) is 0 Å². The lowest BCUT2D eigenvalue weighted by Crippen LogP contribution is -2.45. The van der Waals surface area contributed by atoms with Crippen molar-refractivity contribution in [1.29, 1.82) is 0 Å². The maximum Gasteiger partial charge on any atom is 0.307 e. The Balaban J connectivity index is 0.00000338. The zero-order valence-electron chi connectivity index (χ0n) is 15.5. The fourth-order valence-corrected chi connectivity index (χ4v) is 3.02. The van der Waals surface area contributed by atoms with Crippen molar-refractivity contribution in [2.45, 2.75) is 38.8 Å². The molecule has 1 fully saturated rings. The standard InChI is InChI=1S/C18H27BrN4O2.HI/c1-13(2)25-17(24)8-10-21-18(20-3)22-15-9-11-23(12-15)16-6-4-14(19)5-7-16;/h4-7,13,15H,8-12H2,1-3H3,(H2,20,21,22);1H. The molecule has 0 amide bonds. The Labute approximate surface area is 181 Å². The lowest BCUT2D eigenvalue weighted by atomic mass is 10.2. The van der Waals surface area contributed by atoms with Gasteiger partial charge in [-0.3, -0.25) is 9.79 Å². The van der Waals surface area contributed by atoms with E-state index in [4.69, 9.17) is 4.74 Å². The van der Waals surface area contributed by atoms with Crippen LogP contribution >= 0.6 is 39.9 Å². The van der Waals surface area contributed by atoms with E-state index in [0.717, 1.165) is 29.9 Å². The number of rotatable bonds is 6. The van der Waals surface area contributed by atoms with E-state index in [-0.39, 0.29) is 36.0 Å². The van der Waals surface area contributed by atoms with Gasteiger partial charge in [0.2, 0.25) is 0 Å². The minimum atomic E-state index is -0.194. The lowest BCUT2D eigenvalue weighted by Gasteiger charge is -2.20. The molecular formula is C18H28BrIN4O2. The Morgan fingerprint density at radius 3 is 2.69 bits per heavy atom. The quantitative estimate of drug-likeness (QED) is 0.252. The van der Waals surface area contributed by atoms with Crippen LogP contribution in [0, 0.1) is 0 Å². The van der Waals surface area contributed by atoms with Crippen LogP contribution in [0.1, 0.15) is 26.7 Å². The molecule has 1 aromatic rings. The van der Waals surface area contributed by atoms with Crippen LogP contribution in [0.2, 0.25) is 0 Å². The van der Waals surface area contributed by atoms with E-state index in [1.54, 1.807) is 7.05 Å². The van der Waals surface area contributed by atoms with Crippen LogP contribution in [0.4, 0.5) is 5.69 Å². The van der Waals surface area contributed by atoms with E-state index in [1.807, 2.05) is 13.8 Å². The topological polar surface area (TPSA) is 66.0 Å². The van der Waals surface area contributed by atoms with Gasteiger partial charge in [-0.2, -0.15) is 0 Å². The first-order valence-corrected chi connectivity index (χ1v) is 9.44. The summed E-state index contributed by atoms with van der Waals surface area (Å²) in [7, 11) is 1.74. The highest BCUT2D eigenvalue weighted by Crippen LogP contribution is 2.22. The lowest BCUT2D eigenvalue weighted by molar-refractivity contribution is -0.147. The Hall–Kier alpha value is -1.03. The first kappa shape index (κ1) is 23.0. The van der Waals surface area contributed by atoms with Crippen molar-refractivity contribution in [3.63, 3.8) is 0 Å². The van der Waals surface area contributed by atoms with Crippen LogP contribution in [0.25, 0.3) is 0 Å². The van der Waals surface area contributed by atoms with Gasteiger partial charge in [0.05, 0.1) is 12.5 Å². The third-order valence-electron chi connectivity index (χ3n) is 3.93. The molecule has 0 radical (unpaired) electrons. The zero-order valence-corrected chi connectivity index (χ0v) is 19.4. The van der Waals surface area contributed by atoms with Gasteiger partial charge < -0.3 is 20.3 Å². The summed E-state index contributed by atoms with van der Waals surface area (Å²) in [4.78, 5) is 18.2. The molecule has 8 heteroatoms. The Bertz CT molecular complexity index is 595. The number of guanidine groups is 1. The van der Waals surface area contributed by atoms with E-state index in [9.17, 15) is 4.79 Å². The average molecular weight is 539 g/mol. The summed E-state index contributed by atoms with van der Waals surface area (Å²) in [6.45, 7) is 6.15. The van der Waals surface area contributed by atoms with Gasteiger partial charge in [-0.15, -0.1) is 24.0 Å². The molecule has 0 spiro atoms. The van der Waals surface area contributed by atoms with Crippen LogP contribution in [-0.4, -0.2) is 50.8 Å². The molecule has 1 unspecified atom stereocenters. The number of nitrogens with zero attached hydrogens (tertiary/aromatic N) is 2. The average Bonchev–Trinajstić information content (AvgIpc) is 3.02. The van der Waals surface area contributed by atoms with Gasteiger partial charge in [0.15, 0.2) is 5.96 Å². The van der Waals surface area contributed by atoms with Gasteiger partial charge in [0, 0.05) is 42.9 Å². The SMILES string of the molecule is CN=C(NCCC(=O)OC(C)C)NC1CCN(c2ccc(Br)cc2)C1.I. The summed E-state index contributed by atoms with van der Waals surface area (Å²) in [5, 5.41) is 6.60. The Kier molecular flexibility index (Phi) is 10.3. The van der Waals surface area contributed by atoms with Gasteiger partial charge in [-0.05, 0) is 44.5 Å². The molecule has 2 rings (SSSR count). The largest absolute Gasteiger partial charge is 0.463 e. The summed E-state index contributed by atoms with van der Waals surface area (Å²) in [5.74, 6) is 0.528. The minimum Gasteiger partial charge on any atom is -0.463 e. The summed E-state index contributed by atoms with van der Waals surface area (Å²) < 4.78 is 6.21. The molecule has 0 saturated carbocycles. The Morgan fingerprint density at radius 2 is 2.08 bits per heavy atom. The van der Waals surface area contributed by atoms with E-state index in [0.29, 0.717) is 19.0 Å². The van der Waals surface area contributed by atoms with Crippen molar-refractivity contribution < 1.29 is 9.53 Å². The van der Waals surface area contributed by atoms with E-state index in [2.05, 4.69) is 60.7 Å². The van der Waals surface area contributed by atoms with Gasteiger partial charge in [0.1, 0.15) is 0 Å². The van der Waals surface area contributed by atoms with Crippen molar-refractivity contribution in [2.24, 2.45) is 4.99 Å². The summed E-state index contributed by atoms with van der Waals surface area (Å²) in [6, 6.07) is 8.71. The molecule has 0 aliphatic carbocycles. The van der Waals surface area contributed by atoms with Gasteiger partial charge in [0.25, 0.3) is 0 Å². The number of halogens is 2. The second-order valence-corrected chi connectivity index (χ2v) is 7.26. The molecule has 2 N–H and O–H groups in total. The number of aliphatic imine (C=N–C) groups is 1. The summed E-state index contributed by atoms with van der Waals surface area (Å²) in [6.07, 6.45) is 1.30. The third kappa shape index (κ3) is 7.69. The van der Waals surface area contributed by atoms with Crippen molar-refractivity contribution in [3.05, 3.63) is 28.7 Å². The molecule has 1 atom stereocenters. The van der Waals surface area contributed by atoms with E-state index >= 15 is 0 Å². The molecule has 1 heterocycles. The highest BCUT2D eigenvalue weighted by Gasteiger charge is 2.23. The monoisotopic (exact) mass is 538 g/mol. The number of ether oxygens (including phenoxy) is 1. The highest BCUT2D eigenvalue weighted by molar-refractivity contribution is 14.0. The van der Waals surface area contributed by atoms with Crippen LogP contribution in [0.3, 0.4) is 0 Å². The first-order valence-electron chi connectivity index (χ1n) is 8.65. The smallest absolute Gasteiger partial charge is 0.307 e. The van der Waals surface area contributed by atoms with Crippen LogP contribution in [-0.2, 0) is 9.53 Å². The molecule has 146 valence electrons. The number of esters is 1. The van der Waals surface area contributed by atoms with Crippen molar-refractivity contribution >= 4 is 57.5 Å². The normalized spacial score (nSPS) is 17.0. The maximum absolute atomic E-state index is 11.6. The zero-order chi connectivity index (χ0) is 18.2. The number of carbonyl (C=O) groups is 1. The van der Waals surface area contributed by atoms with Crippen molar-refractivity contribution in [1.82, 2.24) is 10.6 Å². The summed E-state index contributed by atoms with van der Waals surface area (Å²) >= 11 is 3.47. The summed E-state index contributed by atoms with van der Waals surface area (Å²) in [5.41, 5.74) is 1.23. The predicted octanol–water partition coefficient (Wildman–Crippen LogP) is 3.15. The number of carbonyl (C=O) groups excluding carboxylic acids is 1. The van der Waals surface area contributed by atoms with E-state index < -0.39 is 0 Å². The Morgan fingerprint density at radius 1 is 1.38 bits per heavy atom. The third-order valence-corrected chi connectivity index (χ3v) is 4.46. The number of benzene rings is 1. The van der Waals surface area contributed by atoms with Gasteiger partial charge in [-0.25, -0.2) is 0 Å². The number of hydrogen-bond acceptors (Lipinski definition) is 4. The van der Waals surface area contributed by atoms with E-state index in [1.165, 1.54) is 5.69 Å². The number of hydrogen-bond donors (Lipinski definition) is 2. The van der Waals surface area contributed by atoms with Gasteiger partial charge >= 0.3 is 5.97 Å². The number of anilines is 1. The predicted molar refractivity (Wildman–Crippen MR) is 121 cm³/mol. The molecule has 0 aromatic heterocycles. The molecule has 1 saturated heterocycles. The number of nitrogens with one attached hydrogen (secondary N) is 2. The fraction of sp³-hybridized carbons (Fsp3) is 0.556. The second-order valence-electron chi connectivity index (χ2n) is 6.34. The molecule has 26 heavy (non-hydrogen) atoms. The molecule has 6 nitrogen and oxygen atoms in total. The molecule has 1 aromatic carbocycles. The van der Waals surface area contributed by atoms with Crippen LogP contribution in [0.15, 0.2) is 33.7 Å². The minimum absolute atomic E-state index is 0. The van der Waals surface area contributed by atoms with Crippen molar-refractivity contribution in [2.75, 3.05) is 31.6 Å². The fourth-order valence-electron chi connectivity index (χ4n) is 2.76. The van der Waals surface area contributed by atoms with Crippen LogP contribution < -0.4 is 15.5 Å². The molecule has 1 aliphatic rings. The molecule has 0 bridgehead atoms. The van der Waals surface area contributed by atoms with Crippen LogP contribution in [0.5, 0.6) is 0 Å². The second kappa shape index (κ2) is 11.6. The maximum atomic E-state index is 11.6. The molecular weight excluding hydrogens is 511 g/mol. The first-order chi connectivity index (χ1) is 12.0. The molecule has 1 aliphatic heterocycles.